The summed E-state index contributed by atoms with van der Waals surface area (Å²) in [6.45, 7) is 1.88. The summed E-state index contributed by atoms with van der Waals surface area (Å²) in [4.78, 5) is 4.26. The van der Waals surface area contributed by atoms with E-state index in [2.05, 4.69) is 10.3 Å². The van der Waals surface area contributed by atoms with E-state index in [0.29, 0.717) is 19.2 Å². The third-order valence-corrected chi connectivity index (χ3v) is 2.08. The highest BCUT2D eigenvalue weighted by Gasteiger charge is 2.24. The van der Waals surface area contributed by atoms with Crippen molar-refractivity contribution in [2.45, 2.75) is 0 Å². The molecular formula is C9H13BN2O3. The van der Waals surface area contributed by atoms with E-state index in [1.165, 1.54) is 0 Å². The SMILES string of the molecule is COc1cccc(B2OCCNCO2)n1. The molecule has 0 atom stereocenters. The minimum atomic E-state index is -0.407. The van der Waals surface area contributed by atoms with Crippen LogP contribution in [-0.4, -0.2) is 39.1 Å². The van der Waals surface area contributed by atoms with Gasteiger partial charge in [0, 0.05) is 19.2 Å². The average molecular weight is 208 g/mol. The molecule has 2 heterocycles. The van der Waals surface area contributed by atoms with Crippen LogP contribution >= 0.6 is 0 Å². The van der Waals surface area contributed by atoms with Crippen molar-refractivity contribution < 1.29 is 14.0 Å². The molecule has 1 aromatic rings. The number of hydrogen-bond donors (Lipinski definition) is 1. The number of hydrogen-bond acceptors (Lipinski definition) is 5. The average Bonchev–Trinajstić information content (AvgIpc) is 2.58. The van der Waals surface area contributed by atoms with E-state index >= 15 is 0 Å². The van der Waals surface area contributed by atoms with Crippen molar-refractivity contribution in [1.29, 1.82) is 0 Å². The lowest BCUT2D eigenvalue weighted by Crippen LogP contribution is -2.38. The van der Waals surface area contributed by atoms with Crippen LogP contribution in [0.1, 0.15) is 0 Å². The van der Waals surface area contributed by atoms with Gasteiger partial charge in [-0.2, -0.15) is 0 Å². The second-order valence-electron chi connectivity index (χ2n) is 3.12. The summed E-state index contributed by atoms with van der Waals surface area (Å²) >= 11 is 0. The minimum absolute atomic E-state index is 0.407. The Labute approximate surface area is 88.9 Å². The minimum Gasteiger partial charge on any atom is -0.481 e. The second kappa shape index (κ2) is 5.11. The lowest BCUT2D eigenvalue weighted by atomic mass is 9.84. The topological polar surface area (TPSA) is 52.6 Å². The maximum Gasteiger partial charge on any atom is 0.514 e. The molecule has 0 amide bonds. The van der Waals surface area contributed by atoms with Crippen LogP contribution in [0.15, 0.2) is 18.2 Å². The van der Waals surface area contributed by atoms with Crippen LogP contribution in [-0.2, 0) is 9.31 Å². The molecule has 5 nitrogen and oxygen atoms in total. The normalized spacial score (nSPS) is 17.3. The second-order valence-corrected chi connectivity index (χ2v) is 3.12. The van der Waals surface area contributed by atoms with Crippen LogP contribution in [0.5, 0.6) is 5.88 Å². The van der Waals surface area contributed by atoms with Crippen LogP contribution in [0, 0.1) is 0 Å². The first kappa shape index (κ1) is 10.4. The van der Waals surface area contributed by atoms with Gasteiger partial charge in [0.15, 0.2) is 0 Å². The van der Waals surface area contributed by atoms with Crippen molar-refractivity contribution in [1.82, 2.24) is 10.3 Å². The highest BCUT2D eigenvalue weighted by Crippen LogP contribution is 2.02. The summed E-state index contributed by atoms with van der Waals surface area (Å²) < 4.78 is 16.0. The molecule has 1 aromatic heterocycles. The van der Waals surface area contributed by atoms with Crippen LogP contribution in [0.2, 0.25) is 0 Å². The predicted molar refractivity (Wildman–Crippen MR) is 56.1 cm³/mol. The number of methoxy groups -OCH3 is 1. The van der Waals surface area contributed by atoms with Gasteiger partial charge in [-0.25, -0.2) is 4.98 Å². The van der Waals surface area contributed by atoms with Gasteiger partial charge >= 0.3 is 7.12 Å². The molecule has 15 heavy (non-hydrogen) atoms. The first-order chi connectivity index (χ1) is 7.40. The van der Waals surface area contributed by atoms with E-state index in [0.717, 1.165) is 12.1 Å². The first-order valence-electron chi connectivity index (χ1n) is 4.85. The van der Waals surface area contributed by atoms with Crippen molar-refractivity contribution in [3.8, 4) is 5.88 Å². The number of nitrogens with zero attached hydrogens (tertiary/aromatic N) is 1. The summed E-state index contributed by atoms with van der Waals surface area (Å²) in [7, 11) is 1.18. The molecule has 1 fully saturated rings. The lowest BCUT2D eigenvalue weighted by Gasteiger charge is -2.10. The van der Waals surface area contributed by atoms with Crippen LogP contribution in [0.3, 0.4) is 0 Å². The number of aromatic nitrogens is 1. The Kier molecular flexibility index (Phi) is 3.55. The van der Waals surface area contributed by atoms with Crippen LogP contribution in [0.4, 0.5) is 0 Å². The third-order valence-electron chi connectivity index (χ3n) is 2.08. The summed E-state index contributed by atoms with van der Waals surface area (Å²) in [6.07, 6.45) is 0. The molecule has 1 N–H and O–H groups in total. The molecule has 0 unspecified atom stereocenters. The maximum atomic E-state index is 5.49. The summed E-state index contributed by atoms with van der Waals surface area (Å²) in [5.41, 5.74) is 0.734. The number of pyridine rings is 1. The fourth-order valence-corrected chi connectivity index (χ4v) is 1.34. The van der Waals surface area contributed by atoms with Crippen molar-refractivity contribution in [3.05, 3.63) is 18.2 Å². The third kappa shape index (κ3) is 2.68. The van der Waals surface area contributed by atoms with E-state index in [-0.39, 0.29) is 0 Å². The van der Waals surface area contributed by atoms with E-state index in [4.69, 9.17) is 14.0 Å². The van der Waals surface area contributed by atoms with Gasteiger partial charge in [0.25, 0.3) is 0 Å². The van der Waals surface area contributed by atoms with Crippen LogP contribution < -0.4 is 15.6 Å². The van der Waals surface area contributed by atoms with Gasteiger partial charge in [-0.15, -0.1) is 0 Å². The Hall–Kier alpha value is -1.11. The van der Waals surface area contributed by atoms with E-state index in [9.17, 15) is 0 Å². The molecule has 1 aliphatic rings. The Morgan fingerprint density at radius 2 is 2.40 bits per heavy atom. The van der Waals surface area contributed by atoms with Gasteiger partial charge in [-0.05, 0) is 6.07 Å². The van der Waals surface area contributed by atoms with Gasteiger partial charge in [-0.3, -0.25) is 5.32 Å². The van der Waals surface area contributed by atoms with Crippen molar-refractivity contribution in [2.75, 3.05) is 27.0 Å². The molecule has 0 aliphatic carbocycles. The molecule has 1 aliphatic heterocycles. The van der Waals surface area contributed by atoms with Crippen molar-refractivity contribution >= 4 is 12.7 Å². The maximum absolute atomic E-state index is 5.49. The Bertz CT molecular complexity index is 316. The molecule has 0 aromatic carbocycles. The zero-order valence-corrected chi connectivity index (χ0v) is 8.60. The molecule has 0 saturated carbocycles. The molecule has 0 bridgehead atoms. The van der Waals surface area contributed by atoms with Gasteiger partial charge in [0.1, 0.15) is 0 Å². The number of ether oxygens (including phenoxy) is 1. The summed E-state index contributed by atoms with van der Waals surface area (Å²) in [5.74, 6) is 0.567. The van der Waals surface area contributed by atoms with Crippen LogP contribution in [0.25, 0.3) is 0 Å². The van der Waals surface area contributed by atoms with Gasteiger partial charge < -0.3 is 14.0 Å². The highest BCUT2D eigenvalue weighted by molar-refractivity contribution is 6.60. The number of nitrogens with one attached hydrogen (secondary N) is 1. The number of rotatable bonds is 2. The smallest absolute Gasteiger partial charge is 0.481 e. The highest BCUT2D eigenvalue weighted by atomic mass is 16.6. The lowest BCUT2D eigenvalue weighted by molar-refractivity contribution is 0.242. The van der Waals surface area contributed by atoms with Crippen molar-refractivity contribution in [2.24, 2.45) is 0 Å². The summed E-state index contributed by atoms with van der Waals surface area (Å²) in [5, 5.41) is 3.07. The van der Waals surface area contributed by atoms with Gasteiger partial charge in [0.05, 0.1) is 19.4 Å². The molecule has 0 spiro atoms. The standard InChI is InChI=1S/C9H13BN2O3/c1-13-9-4-2-3-8(12-9)10-14-6-5-11-7-15-10/h2-4,11H,5-7H2,1H3. The Morgan fingerprint density at radius 1 is 1.47 bits per heavy atom. The zero-order chi connectivity index (χ0) is 10.5. The first-order valence-corrected chi connectivity index (χ1v) is 4.85. The monoisotopic (exact) mass is 208 g/mol. The molecule has 0 radical (unpaired) electrons. The van der Waals surface area contributed by atoms with Gasteiger partial charge in [-0.1, -0.05) is 6.07 Å². The molecule has 1 saturated heterocycles. The van der Waals surface area contributed by atoms with Gasteiger partial charge in [0.2, 0.25) is 5.88 Å². The van der Waals surface area contributed by atoms with E-state index < -0.39 is 7.12 Å². The fourth-order valence-electron chi connectivity index (χ4n) is 1.34. The van der Waals surface area contributed by atoms with Crippen molar-refractivity contribution in [3.63, 3.8) is 0 Å². The Balaban J connectivity index is 2.12. The molecule has 80 valence electrons. The fraction of sp³-hybridized carbons (Fsp3) is 0.444. The largest absolute Gasteiger partial charge is 0.514 e. The molecular weight excluding hydrogens is 195 g/mol. The van der Waals surface area contributed by atoms with E-state index in [1.807, 2.05) is 12.1 Å². The molecule has 6 heteroatoms. The van der Waals surface area contributed by atoms with E-state index in [1.54, 1.807) is 13.2 Å². The predicted octanol–water partition coefficient (Wildman–Crippen LogP) is -0.621. The molecule has 2 rings (SSSR count). The summed E-state index contributed by atoms with van der Waals surface area (Å²) in [6, 6.07) is 5.52. The quantitative estimate of drug-likeness (QED) is 0.656. The Morgan fingerprint density at radius 3 is 3.27 bits per heavy atom. The zero-order valence-electron chi connectivity index (χ0n) is 8.60.